The van der Waals surface area contributed by atoms with Gasteiger partial charge in [-0.25, -0.2) is 9.79 Å². The Hall–Kier alpha value is -4.01. The molecular weight excluding hydrogens is 404 g/mol. The van der Waals surface area contributed by atoms with Crippen LogP contribution in [0.1, 0.15) is 31.9 Å². The number of nitrogens with zero attached hydrogens (tertiary/aromatic N) is 2. The maximum atomic E-state index is 12.2. The number of aliphatic imine (C=N–C) groups is 1. The normalized spacial score (nSPS) is 14.4. The Labute approximate surface area is 178 Å². The first-order valence-corrected chi connectivity index (χ1v) is 9.54. The highest BCUT2D eigenvalue weighted by Gasteiger charge is 2.25. The molecule has 0 N–H and O–H groups in total. The van der Waals surface area contributed by atoms with Crippen LogP contribution in [0.4, 0.5) is 5.69 Å². The summed E-state index contributed by atoms with van der Waals surface area (Å²) in [4.78, 5) is 38.7. The first-order valence-electron chi connectivity index (χ1n) is 9.54. The molecule has 3 rings (SSSR count). The minimum atomic E-state index is -0.685. The topological polar surface area (TPSA) is 117 Å². The van der Waals surface area contributed by atoms with Crippen molar-refractivity contribution in [2.24, 2.45) is 10.9 Å². The summed E-state index contributed by atoms with van der Waals surface area (Å²) in [6.45, 7) is 5.60. The van der Waals surface area contributed by atoms with Crippen molar-refractivity contribution in [2.75, 3.05) is 6.61 Å². The number of hydrogen-bond donors (Lipinski definition) is 0. The fraction of sp³-hybridized carbons (Fsp3) is 0.227. The number of non-ortho nitro benzene ring substituents is 1. The average molecular weight is 424 g/mol. The van der Waals surface area contributed by atoms with Crippen LogP contribution in [0.5, 0.6) is 11.5 Å². The fourth-order valence-corrected chi connectivity index (χ4v) is 2.64. The fourth-order valence-electron chi connectivity index (χ4n) is 2.64. The lowest BCUT2D eigenvalue weighted by molar-refractivity contribution is -0.384. The number of cyclic esters (lactones) is 1. The Bertz CT molecular complexity index is 1100. The first-order chi connectivity index (χ1) is 14.8. The van der Waals surface area contributed by atoms with Crippen molar-refractivity contribution in [3.63, 3.8) is 0 Å². The Morgan fingerprint density at radius 3 is 2.68 bits per heavy atom. The summed E-state index contributed by atoms with van der Waals surface area (Å²) in [5.41, 5.74) is 0.776. The molecular formula is C22H20N2O7. The quantitative estimate of drug-likeness (QED) is 0.217. The summed E-state index contributed by atoms with van der Waals surface area (Å²) in [5.74, 6) is -0.774. The molecule has 1 heterocycles. The van der Waals surface area contributed by atoms with Gasteiger partial charge in [0.15, 0.2) is 17.2 Å². The van der Waals surface area contributed by atoms with Crippen molar-refractivity contribution in [3.8, 4) is 11.5 Å². The number of ether oxygens (including phenoxy) is 3. The SMILES string of the molecule is CCOc1cc(/C=C2\N=C(c3cccc([N+](=O)[O-])c3)OC2=O)ccc1OC(=O)C(C)C. The summed E-state index contributed by atoms with van der Waals surface area (Å²) in [5, 5.41) is 11.0. The van der Waals surface area contributed by atoms with E-state index in [0.29, 0.717) is 23.5 Å². The van der Waals surface area contributed by atoms with E-state index in [9.17, 15) is 19.7 Å². The number of nitro benzene ring substituents is 1. The lowest BCUT2D eigenvalue weighted by Gasteiger charge is -2.12. The number of benzene rings is 2. The van der Waals surface area contributed by atoms with Crippen molar-refractivity contribution in [1.82, 2.24) is 0 Å². The number of rotatable bonds is 7. The van der Waals surface area contributed by atoms with E-state index in [1.807, 2.05) is 0 Å². The number of carbonyl (C=O) groups is 2. The maximum absolute atomic E-state index is 12.2. The molecule has 2 aromatic rings. The summed E-state index contributed by atoms with van der Waals surface area (Å²) >= 11 is 0. The van der Waals surface area contributed by atoms with Crippen molar-refractivity contribution < 1.29 is 28.7 Å². The Kier molecular flexibility index (Phi) is 6.44. The standard InChI is InChI=1S/C22H20N2O7/c1-4-29-19-11-14(8-9-18(19)30-21(25)13(2)3)10-17-22(26)31-20(23-17)15-6-5-7-16(12-15)24(27)28/h5-13H,4H2,1-3H3/b17-10-. The van der Waals surface area contributed by atoms with Crippen LogP contribution < -0.4 is 9.47 Å². The highest BCUT2D eigenvalue weighted by atomic mass is 16.6. The molecule has 0 saturated carbocycles. The predicted octanol–water partition coefficient (Wildman–Crippen LogP) is 3.90. The molecule has 0 bridgehead atoms. The lowest BCUT2D eigenvalue weighted by atomic mass is 10.1. The molecule has 0 aliphatic carbocycles. The number of hydrogen-bond acceptors (Lipinski definition) is 8. The minimum Gasteiger partial charge on any atom is -0.490 e. The molecule has 2 aromatic carbocycles. The molecule has 0 fully saturated rings. The highest BCUT2D eigenvalue weighted by Crippen LogP contribution is 2.31. The van der Waals surface area contributed by atoms with Gasteiger partial charge < -0.3 is 14.2 Å². The highest BCUT2D eigenvalue weighted by molar-refractivity contribution is 6.13. The van der Waals surface area contributed by atoms with Crippen LogP contribution in [0.25, 0.3) is 6.08 Å². The molecule has 1 aliphatic rings. The number of esters is 2. The van der Waals surface area contributed by atoms with Gasteiger partial charge in [0.1, 0.15) is 0 Å². The van der Waals surface area contributed by atoms with Crippen molar-refractivity contribution in [2.45, 2.75) is 20.8 Å². The van der Waals surface area contributed by atoms with Gasteiger partial charge in [-0.3, -0.25) is 14.9 Å². The van der Waals surface area contributed by atoms with Gasteiger partial charge in [-0.05, 0) is 36.8 Å². The minimum absolute atomic E-state index is 0.0209. The monoisotopic (exact) mass is 424 g/mol. The zero-order valence-electron chi connectivity index (χ0n) is 17.2. The van der Waals surface area contributed by atoms with Gasteiger partial charge in [-0.2, -0.15) is 0 Å². The molecule has 0 amide bonds. The van der Waals surface area contributed by atoms with E-state index < -0.39 is 16.9 Å². The van der Waals surface area contributed by atoms with Crippen LogP contribution in [-0.4, -0.2) is 29.4 Å². The molecule has 31 heavy (non-hydrogen) atoms. The lowest BCUT2D eigenvalue weighted by Crippen LogP contribution is -2.15. The van der Waals surface area contributed by atoms with Crippen LogP contribution in [0, 0.1) is 16.0 Å². The second-order valence-corrected chi connectivity index (χ2v) is 6.86. The maximum Gasteiger partial charge on any atom is 0.363 e. The zero-order chi connectivity index (χ0) is 22.5. The molecule has 0 aromatic heterocycles. The Morgan fingerprint density at radius 2 is 2.00 bits per heavy atom. The van der Waals surface area contributed by atoms with Gasteiger partial charge >= 0.3 is 11.9 Å². The summed E-state index contributed by atoms with van der Waals surface area (Å²) < 4.78 is 16.1. The van der Waals surface area contributed by atoms with Gasteiger partial charge in [0.2, 0.25) is 5.90 Å². The molecule has 0 saturated heterocycles. The van der Waals surface area contributed by atoms with Crippen molar-refractivity contribution >= 4 is 29.6 Å². The molecule has 0 spiro atoms. The third kappa shape index (κ3) is 5.13. The third-order valence-electron chi connectivity index (χ3n) is 4.18. The summed E-state index contributed by atoms with van der Waals surface area (Å²) in [7, 11) is 0. The molecule has 0 unspecified atom stereocenters. The summed E-state index contributed by atoms with van der Waals surface area (Å²) in [6, 6.07) is 10.5. The van der Waals surface area contributed by atoms with E-state index >= 15 is 0 Å². The van der Waals surface area contributed by atoms with Gasteiger partial charge in [-0.1, -0.05) is 26.0 Å². The largest absolute Gasteiger partial charge is 0.490 e. The van der Waals surface area contributed by atoms with E-state index in [0.717, 1.165) is 0 Å². The average Bonchev–Trinajstić information content (AvgIpc) is 3.10. The van der Waals surface area contributed by atoms with Crippen molar-refractivity contribution in [3.05, 3.63) is 69.4 Å². The molecule has 160 valence electrons. The molecule has 0 atom stereocenters. The first kappa shape index (κ1) is 21.7. The van der Waals surface area contributed by atoms with Crippen LogP contribution in [0.2, 0.25) is 0 Å². The van der Waals surface area contributed by atoms with E-state index in [1.54, 1.807) is 45.0 Å². The van der Waals surface area contributed by atoms with Crippen molar-refractivity contribution in [1.29, 1.82) is 0 Å². The van der Waals surface area contributed by atoms with Crippen LogP contribution in [0.3, 0.4) is 0 Å². The van der Waals surface area contributed by atoms with Gasteiger partial charge in [-0.15, -0.1) is 0 Å². The molecule has 9 heteroatoms. The Morgan fingerprint density at radius 1 is 1.23 bits per heavy atom. The van der Waals surface area contributed by atoms with E-state index in [4.69, 9.17) is 14.2 Å². The Balaban J connectivity index is 1.90. The van der Waals surface area contributed by atoms with Gasteiger partial charge in [0, 0.05) is 17.7 Å². The second kappa shape index (κ2) is 9.21. The number of carbonyl (C=O) groups excluding carboxylic acids is 2. The second-order valence-electron chi connectivity index (χ2n) is 6.86. The van der Waals surface area contributed by atoms with Crippen LogP contribution >= 0.6 is 0 Å². The third-order valence-corrected chi connectivity index (χ3v) is 4.18. The van der Waals surface area contributed by atoms with Crippen LogP contribution in [0.15, 0.2) is 53.2 Å². The molecule has 9 nitrogen and oxygen atoms in total. The van der Waals surface area contributed by atoms with E-state index in [-0.39, 0.29) is 28.9 Å². The molecule has 1 aliphatic heterocycles. The number of nitro groups is 1. The zero-order valence-corrected chi connectivity index (χ0v) is 17.2. The van der Waals surface area contributed by atoms with Crippen LogP contribution in [-0.2, 0) is 14.3 Å². The molecule has 0 radical (unpaired) electrons. The van der Waals surface area contributed by atoms with E-state index in [1.165, 1.54) is 24.3 Å². The summed E-state index contributed by atoms with van der Waals surface area (Å²) in [6.07, 6.45) is 1.49. The van der Waals surface area contributed by atoms with E-state index in [2.05, 4.69) is 4.99 Å². The smallest absolute Gasteiger partial charge is 0.363 e. The van der Waals surface area contributed by atoms with Gasteiger partial charge in [0.05, 0.1) is 17.4 Å². The van der Waals surface area contributed by atoms with Gasteiger partial charge in [0.25, 0.3) is 5.69 Å². The predicted molar refractivity (Wildman–Crippen MR) is 112 cm³/mol.